The van der Waals surface area contributed by atoms with Crippen molar-refractivity contribution in [1.82, 2.24) is 20.9 Å². The van der Waals surface area contributed by atoms with E-state index in [2.05, 4.69) is 20.9 Å². The van der Waals surface area contributed by atoms with Crippen LogP contribution in [0.3, 0.4) is 0 Å². The number of Topliss-reactive ketones (excluding diaryl/α,β-unsaturated/α-hetero) is 2. The molecule has 12 nitrogen and oxygen atoms in total. The average Bonchev–Trinajstić information content (AvgIpc) is 3.65. The summed E-state index contributed by atoms with van der Waals surface area (Å²) < 4.78 is 10.3. The molecule has 0 radical (unpaired) electrons. The summed E-state index contributed by atoms with van der Waals surface area (Å²) in [7, 11) is 1.53. The Balaban J connectivity index is 1.44. The fourth-order valence-electron chi connectivity index (χ4n) is 5.16. The molecule has 12 heteroatoms. The molecule has 44 heavy (non-hydrogen) atoms. The predicted molar refractivity (Wildman–Crippen MR) is 160 cm³/mol. The van der Waals surface area contributed by atoms with Gasteiger partial charge in [0.1, 0.15) is 17.5 Å². The van der Waals surface area contributed by atoms with E-state index in [0.29, 0.717) is 29.6 Å². The lowest BCUT2D eigenvalue weighted by Gasteiger charge is -2.26. The highest BCUT2D eigenvalue weighted by molar-refractivity contribution is 6.40. The van der Waals surface area contributed by atoms with Gasteiger partial charge in [0.05, 0.1) is 13.0 Å². The average molecular weight is 605 g/mol. The standard InChI is InChI=1S/C32H36N4O8/c1-18(2)14-25(36-31(41)26-16-22-23(34-26)10-7-11-27(22)43-3)30(40)35-24(21-12-13-33-29(21)39)15-20(37)17-44-32(42)28(38)19-8-5-4-6-9-19/h4-11,16,18,21,24-25,34H,12-15,17H2,1-3H3,(H,33,39)(H,35,40)(H,36,41)/t21-,24?,25-/m0/s1. The molecule has 1 aliphatic heterocycles. The Kier molecular flexibility index (Phi) is 10.5. The topological polar surface area (TPSA) is 173 Å². The predicted octanol–water partition coefficient (Wildman–Crippen LogP) is 2.33. The molecule has 3 aromatic rings. The van der Waals surface area contributed by atoms with E-state index in [1.165, 1.54) is 19.2 Å². The zero-order chi connectivity index (χ0) is 31.8. The molecule has 1 unspecified atom stereocenters. The zero-order valence-electron chi connectivity index (χ0n) is 24.8. The minimum absolute atomic E-state index is 0.0188. The Hall–Kier alpha value is -5.00. The maximum absolute atomic E-state index is 13.6. The lowest BCUT2D eigenvalue weighted by Crippen LogP contribution is -2.53. The molecule has 0 saturated carbocycles. The molecule has 3 atom stereocenters. The van der Waals surface area contributed by atoms with Crippen LogP contribution in [0, 0.1) is 11.8 Å². The second-order valence-electron chi connectivity index (χ2n) is 11.1. The number of fused-ring (bicyclic) bond motifs is 1. The largest absolute Gasteiger partial charge is 0.496 e. The summed E-state index contributed by atoms with van der Waals surface area (Å²) >= 11 is 0. The molecule has 2 heterocycles. The van der Waals surface area contributed by atoms with Gasteiger partial charge in [0.15, 0.2) is 12.4 Å². The van der Waals surface area contributed by atoms with Crippen molar-refractivity contribution in [2.75, 3.05) is 20.3 Å². The van der Waals surface area contributed by atoms with Gasteiger partial charge in [-0.05, 0) is 37.0 Å². The number of hydrogen-bond acceptors (Lipinski definition) is 8. The second kappa shape index (κ2) is 14.5. The lowest BCUT2D eigenvalue weighted by molar-refractivity contribution is -0.143. The summed E-state index contributed by atoms with van der Waals surface area (Å²) in [5, 5.41) is 8.98. The Labute approximate surface area is 254 Å². The molecule has 1 aromatic heterocycles. The van der Waals surface area contributed by atoms with Gasteiger partial charge in [-0.15, -0.1) is 0 Å². The first-order valence-corrected chi connectivity index (χ1v) is 14.4. The number of aromatic nitrogens is 1. The highest BCUT2D eigenvalue weighted by Gasteiger charge is 2.36. The number of ketones is 2. The van der Waals surface area contributed by atoms with Gasteiger partial charge in [-0.1, -0.05) is 50.2 Å². The molecule has 3 amide bonds. The minimum atomic E-state index is -1.18. The molecule has 0 spiro atoms. The number of methoxy groups -OCH3 is 1. The fourth-order valence-corrected chi connectivity index (χ4v) is 5.16. The Bertz CT molecular complexity index is 1550. The van der Waals surface area contributed by atoms with Gasteiger partial charge in [0.25, 0.3) is 11.7 Å². The van der Waals surface area contributed by atoms with Crippen molar-refractivity contribution in [2.45, 2.75) is 45.2 Å². The van der Waals surface area contributed by atoms with Crippen LogP contribution in [0.25, 0.3) is 10.9 Å². The zero-order valence-corrected chi connectivity index (χ0v) is 24.8. The first-order valence-electron chi connectivity index (χ1n) is 14.4. The van der Waals surface area contributed by atoms with Crippen molar-refractivity contribution in [1.29, 1.82) is 0 Å². The molecule has 232 valence electrons. The van der Waals surface area contributed by atoms with Crippen LogP contribution in [0.15, 0.2) is 54.6 Å². The number of rotatable bonds is 14. The number of ether oxygens (including phenoxy) is 2. The summed E-state index contributed by atoms with van der Waals surface area (Å²) in [5.74, 6) is -4.15. The summed E-state index contributed by atoms with van der Waals surface area (Å²) in [6.07, 6.45) is 0.347. The maximum Gasteiger partial charge on any atom is 0.380 e. The van der Waals surface area contributed by atoms with Crippen LogP contribution >= 0.6 is 0 Å². The highest BCUT2D eigenvalue weighted by atomic mass is 16.5. The number of nitrogens with one attached hydrogen (secondary N) is 4. The summed E-state index contributed by atoms with van der Waals surface area (Å²) in [5.41, 5.74) is 1.05. The van der Waals surface area contributed by atoms with Crippen LogP contribution in [0.2, 0.25) is 0 Å². The third-order valence-corrected chi connectivity index (χ3v) is 7.36. The first kappa shape index (κ1) is 31.9. The van der Waals surface area contributed by atoms with E-state index in [-0.39, 0.29) is 35.9 Å². The van der Waals surface area contributed by atoms with Crippen LogP contribution in [0.5, 0.6) is 5.75 Å². The van der Waals surface area contributed by atoms with Gasteiger partial charge in [0.2, 0.25) is 11.8 Å². The number of carbonyl (C=O) groups is 6. The summed E-state index contributed by atoms with van der Waals surface area (Å²) in [6.45, 7) is 3.47. The molecule has 0 aliphatic carbocycles. The van der Waals surface area contributed by atoms with Crippen LogP contribution < -0.4 is 20.7 Å². The van der Waals surface area contributed by atoms with Gasteiger partial charge in [-0.3, -0.25) is 24.0 Å². The van der Waals surface area contributed by atoms with Crippen LogP contribution in [0.4, 0.5) is 0 Å². The van der Waals surface area contributed by atoms with Crippen LogP contribution in [-0.4, -0.2) is 72.6 Å². The van der Waals surface area contributed by atoms with Crippen molar-refractivity contribution in [2.24, 2.45) is 11.8 Å². The monoisotopic (exact) mass is 604 g/mol. The third kappa shape index (κ3) is 7.88. The highest BCUT2D eigenvalue weighted by Crippen LogP contribution is 2.26. The second-order valence-corrected chi connectivity index (χ2v) is 11.1. The number of aromatic amines is 1. The molecule has 4 N–H and O–H groups in total. The van der Waals surface area contributed by atoms with Gasteiger partial charge in [-0.25, -0.2) is 4.79 Å². The third-order valence-electron chi connectivity index (χ3n) is 7.36. The first-order chi connectivity index (χ1) is 21.1. The van der Waals surface area contributed by atoms with E-state index < -0.39 is 54.0 Å². The molecule has 1 fully saturated rings. The van der Waals surface area contributed by atoms with Crippen molar-refractivity contribution in [3.63, 3.8) is 0 Å². The van der Waals surface area contributed by atoms with Crippen molar-refractivity contribution < 1.29 is 38.2 Å². The van der Waals surface area contributed by atoms with Gasteiger partial charge in [0, 0.05) is 35.5 Å². The Morgan fingerprint density at radius 2 is 1.75 bits per heavy atom. The quantitative estimate of drug-likeness (QED) is 0.123. The number of hydrogen-bond donors (Lipinski definition) is 4. The van der Waals surface area contributed by atoms with Crippen molar-refractivity contribution in [3.8, 4) is 5.75 Å². The number of amides is 3. The minimum Gasteiger partial charge on any atom is -0.496 e. The molecule has 4 rings (SSSR count). The van der Waals surface area contributed by atoms with Crippen molar-refractivity contribution >= 4 is 46.2 Å². The fraction of sp³-hybridized carbons (Fsp3) is 0.375. The van der Waals surface area contributed by atoms with E-state index in [1.807, 2.05) is 13.8 Å². The van der Waals surface area contributed by atoms with Crippen LogP contribution in [-0.2, 0) is 23.9 Å². The summed E-state index contributed by atoms with van der Waals surface area (Å²) in [4.78, 5) is 79.7. The maximum atomic E-state index is 13.6. The summed E-state index contributed by atoms with van der Waals surface area (Å²) in [6, 6.07) is 12.9. The number of H-pyrrole nitrogens is 1. The molecular weight excluding hydrogens is 568 g/mol. The Morgan fingerprint density at radius 1 is 1.00 bits per heavy atom. The molecule has 1 saturated heterocycles. The molecular formula is C32H36N4O8. The normalized spacial score (nSPS) is 15.7. The van der Waals surface area contributed by atoms with Crippen LogP contribution in [0.1, 0.15) is 54.0 Å². The smallest absolute Gasteiger partial charge is 0.380 e. The molecule has 1 aliphatic rings. The SMILES string of the molecule is COc1cccc2[nH]c(C(=O)N[C@@H](CC(C)C)C(=O)NC(CC(=O)COC(=O)C(=O)c3ccccc3)[C@@H]3CCNC3=O)cc12. The van der Waals surface area contributed by atoms with E-state index in [9.17, 15) is 28.8 Å². The van der Waals surface area contributed by atoms with Crippen molar-refractivity contribution in [3.05, 3.63) is 65.9 Å². The van der Waals surface area contributed by atoms with Gasteiger partial charge >= 0.3 is 5.97 Å². The lowest BCUT2D eigenvalue weighted by atomic mass is 9.92. The molecule has 0 bridgehead atoms. The van der Waals surface area contributed by atoms with Gasteiger partial charge in [-0.2, -0.15) is 0 Å². The number of carbonyl (C=O) groups excluding carboxylic acids is 6. The van der Waals surface area contributed by atoms with E-state index >= 15 is 0 Å². The van der Waals surface area contributed by atoms with E-state index in [1.54, 1.807) is 42.5 Å². The van der Waals surface area contributed by atoms with E-state index in [4.69, 9.17) is 9.47 Å². The van der Waals surface area contributed by atoms with E-state index in [0.717, 1.165) is 0 Å². The number of benzene rings is 2. The number of esters is 1. The van der Waals surface area contributed by atoms with Gasteiger partial charge < -0.3 is 30.4 Å². The Morgan fingerprint density at radius 3 is 2.41 bits per heavy atom. The molecule has 2 aromatic carbocycles.